The van der Waals surface area contributed by atoms with Gasteiger partial charge in [0.2, 0.25) is 0 Å². The quantitative estimate of drug-likeness (QED) is 0.750. The van der Waals surface area contributed by atoms with Gasteiger partial charge in [0.15, 0.2) is 11.5 Å². The van der Waals surface area contributed by atoms with E-state index < -0.39 is 0 Å². The molecule has 0 unspecified atom stereocenters. The van der Waals surface area contributed by atoms with Crippen LogP contribution in [0, 0.1) is 0 Å². The summed E-state index contributed by atoms with van der Waals surface area (Å²) >= 11 is 0. The van der Waals surface area contributed by atoms with Crippen LogP contribution >= 0.6 is 0 Å². The third-order valence-electron chi connectivity index (χ3n) is 3.22. The summed E-state index contributed by atoms with van der Waals surface area (Å²) in [5.41, 5.74) is 1.30. The van der Waals surface area contributed by atoms with Gasteiger partial charge >= 0.3 is 0 Å². The third-order valence-corrected chi connectivity index (χ3v) is 3.22. The molecule has 1 fully saturated rings. The van der Waals surface area contributed by atoms with E-state index in [4.69, 9.17) is 0 Å². The maximum Gasteiger partial charge on any atom is 0.294 e. The Morgan fingerprint density at radius 1 is 1.33 bits per heavy atom. The minimum atomic E-state index is -0.0805. The molecule has 0 spiro atoms. The first-order valence-corrected chi connectivity index (χ1v) is 6.05. The molecule has 6 heteroatoms. The van der Waals surface area contributed by atoms with E-state index in [9.17, 15) is 4.79 Å². The van der Waals surface area contributed by atoms with Gasteiger partial charge in [-0.1, -0.05) is 0 Å². The fraction of sp³-hybridized carbons (Fsp3) is 0.417. The number of hydrogen-bond acceptors (Lipinski definition) is 5. The molecule has 3 rings (SSSR count). The molecule has 0 radical (unpaired) electrons. The number of piperazine rings is 1. The molecule has 1 N–H and O–H groups in total. The summed E-state index contributed by atoms with van der Waals surface area (Å²) in [4.78, 5) is 23.0. The van der Waals surface area contributed by atoms with Crippen LogP contribution in [0.5, 0.6) is 0 Å². The first-order chi connectivity index (χ1) is 8.77. The van der Waals surface area contributed by atoms with Crippen molar-refractivity contribution in [2.75, 3.05) is 31.1 Å². The van der Waals surface area contributed by atoms with Gasteiger partial charge in [-0.3, -0.25) is 9.36 Å². The van der Waals surface area contributed by atoms with Crippen LogP contribution in [-0.2, 0) is 7.05 Å². The topological polar surface area (TPSA) is 63.1 Å². The molecule has 2 aromatic rings. The monoisotopic (exact) mass is 245 g/mol. The Labute approximate surface area is 104 Å². The van der Waals surface area contributed by atoms with Crippen LogP contribution in [0.2, 0.25) is 0 Å². The van der Waals surface area contributed by atoms with Crippen molar-refractivity contribution >= 4 is 17.0 Å². The van der Waals surface area contributed by atoms with E-state index in [-0.39, 0.29) is 5.56 Å². The first-order valence-electron chi connectivity index (χ1n) is 6.05. The molecule has 3 heterocycles. The van der Waals surface area contributed by atoms with Crippen LogP contribution in [-0.4, -0.2) is 40.7 Å². The average Bonchev–Trinajstić information content (AvgIpc) is 2.44. The summed E-state index contributed by atoms with van der Waals surface area (Å²) in [6, 6.07) is 3.72. The van der Waals surface area contributed by atoms with Gasteiger partial charge in [0, 0.05) is 39.4 Å². The number of hydrogen-bond donors (Lipinski definition) is 1. The van der Waals surface area contributed by atoms with Crippen LogP contribution in [0.25, 0.3) is 11.2 Å². The molecule has 0 bridgehead atoms. The lowest BCUT2D eigenvalue weighted by Crippen LogP contribution is -2.46. The SMILES string of the molecule is Cn1c(=O)c(N2CCNCC2)nc2cccnc21. The molecule has 94 valence electrons. The van der Waals surface area contributed by atoms with E-state index in [2.05, 4.69) is 15.3 Å². The highest BCUT2D eigenvalue weighted by molar-refractivity contribution is 5.71. The molecule has 1 saturated heterocycles. The standard InChI is InChI=1S/C12H15N5O/c1-16-10-9(3-2-4-14-10)15-11(12(16)18)17-7-5-13-6-8-17/h2-4,13H,5-8H2,1H3. The third kappa shape index (κ3) is 1.74. The molecule has 0 aliphatic carbocycles. The van der Waals surface area contributed by atoms with Gasteiger partial charge < -0.3 is 10.2 Å². The number of rotatable bonds is 1. The minimum absolute atomic E-state index is 0.0805. The highest BCUT2D eigenvalue weighted by Gasteiger charge is 2.17. The molecule has 0 atom stereocenters. The summed E-state index contributed by atoms with van der Waals surface area (Å²) < 4.78 is 1.57. The van der Waals surface area contributed by atoms with E-state index in [0.29, 0.717) is 11.5 Å². The Balaban J connectivity index is 2.17. The van der Waals surface area contributed by atoms with Crippen LogP contribution < -0.4 is 15.8 Å². The normalized spacial score (nSPS) is 16.2. The smallest absolute Gasteiger partial charge is 0.294 e. The lowest BCUT2D eigenvalue weighted by Gasteiger charge is -2.28. The van der Waals surface area contributed by atoms with Crippen molar-refractivity contribution in [3.05, 3.63) is 28.7 Å². The lowest BCUT2D eigenvalue weighted by molar-refractivity contribution is 0.581. The highest BCUT2D eigenvalue weighted by atomic mass is 16.1. The molecule has 0 saturated carbocycles. The largest absolute Gasteiger partial charge is 0.349 e. The van der Waals surface area contributed by atoms with Crippen molar-refractivity contribution in [3.63, 3.8) is 0 Å². The summed E-state index contributed by atoms with van der Waals surface area (Å²) in [7, 11) is 1.74. The zero-order valence-electron chi connectivity index (χ0n) is 10.3. The summed E-state index contributed by atoms with van der Waals surface area (Å²) in [5, 5.41) is 3.27. The molecule has 0 aromatic carbocycles. The van der Waals surface area contributed by atoms with Gasteiger partial charge in [0.05, 0.1) is 0 Å². The minimum Gasteiger partial charge on any atom is -0.349 e. The lowest BCUT2D eigenvalue weighted by atomic mass is 10.3. The molecule has 1 aliphatic heterocycles. The van der Waals surface area contributed by atoms with E-state index in [1.807, 2.05) is 17.0 Å². The zero-order chi connectivity index (χ0) is 12.5. The van der Waals surface area contributed by atoms with Gasteiger partial charge in [0.1, 0.15) is 5.52 Å². The molecule has 2 aromatic heterocycles. The van der Waals surface area contributed by atoms with E-state index in [1.54, 1.807) is 17.8 Å². The van der Waals surface area contributed by atoms with Crippen molar-refractivity contribution in [2.45, 2.75) is 0 Å². The number of aryl methyl sites for hydroxylation is 1. The maximum atomic E-state index is 12.3. The number of anilines is 1. The van der Waals surface area contributed by atoms with Crippen molar-refractivity contribution < 1.29 is 0 Å². The van der Waals surface area contributed by atoms with Gasteiger partial charge in [-0.15, -0.1) is 0 Å². The molecular weight excluding hydrogens is 230 g/mol. The van der Waals surface area contributed by atoms with E-state index in [0.717, 1.165) is 31.7 Å². The van der Waals surface area contributed by atoms with E-state index in [1.165, 1.54) is 0 Å². The van der Waals surface area contributed by atoms with Crippen molar-refractivity contribution in [2.24, 2.45) is 7.05 Å². The van der Waals surface area contributed by atoms with Gasteiger partial charge in [-0.25, -0.2) is 9.97 Å². The average molecular weight is 245 g/mol. The van der Waals surface area contributed by atoms with Crippen molar-refractivity contribution in [3.8, 4) is 0 Å². The first kappa shape index (κ1) is 11.2. The van der Waals surface area contributed by atoms with Crippen LogP contribution in [0.15, 0.2) is 23.1 Å². The predicted molar refractivity (Wildman–Crippen MR) is 69.9 cm³/mol. The second kappa shape index (κ2) is 4.38. The fourth-order valence-corrected chi connectivity index (χ4v) is 2.22. The maximum absolute atomic E-state index is 12.3. The van der Waals surface area contributed by atoms with Gasteiger partial charge in [0.25, 0.3) is 5.56 Å². The Morgan fingerprint density at radius 3 is 2.89 bits per heavy atom. The number of pyridine rings is 1. The second-order valence-corrected chi connectivity index (χ2v) is 4.38. The summed E-state index contributed by atoms with van der Waals surface area (Å²) in [6.45, 7) is 3.40. The highest BCUT2D eigenvalue weighted by Crippen LogP contribution is 2.11. The Morgan fingerprint density at radius 2 is 2.11 bits per heavy atom. The van der Waals surface area contributed by atoms with E-state index >= 15 is 0 Å². The Kier molecular flexibility index (Phi) is 2.71. The molecule has 0 amide bonds. The van der Waals surface area contributed by atoms with Crippen LogP contribution in [0.1, 0.15) is 0 Å². The van der Waals surface area contributed by atoms with Crippen molar-refractivity contribution in [1.82, 2.24) is 19.9 Å². The fourth-order valence-electron chi connectivity index (χ4n) is 2.22. The van der Waals surface area contributed by atoms with Crippen LogP contribution in [0.3, 0.4) is 0 Å². The molecular formula is C12H15N5O. The predicted octanol–water partition coefficient (Wildman–Crippen LogP) is -0.262. The molecule has 6 nitrogen and oxygen atoms in total. The Bertz CT molecular complexity index is 630. The molecule has 1 aliphatic rings. The number of aromatic nitrogens is 3. The summed E-state index contributed by atoms with van der Waals surface area (Å²) in [6.07, 6.45) is 1.67. The van der Waals surface area contributed by atoms with Crippen LogP contribution in [0.4, 0.5) is 5.82 Å². The summed E-state index contributed by atoms with van der Waals surface area (Å²) in [5.74, 6) is 0.527. The Hall–Kier alpha value is -1.95. The number of nitrogens with zero attached hydrogens (tertiary/aromatic N) is 4. The number of nitrogens with one attached hydrogen (secondary N) is 1. The van der Waals surface area contributed by atoms with Gasteiger partial charge in [-0.05, 0) is 12.1 Å². The van der Waals surface area contributed by atoms with Gasteiger partial charge in [-0.2, -0.15) is 0 Å². The molecule has 18 heavy (non-hydrogen) atoms. The second-order valence-electron chi connectivity index (χ2n) is 4.38. The zero-order valence-corrected chi connectivity index (χ0v) is 10.3. The van der Waals surface area contributed by atoms with Crippen molar-refractivity contribution in [1.29, 1.82) is 0 Å². The number of fused-ring (bicyclic) bond motifs is 1.